The maximum absolute atomic E-state index is 12.5. The molecule has 1 aliphatic heterocycles. The molecule has 1 fully saturated rings. The molecular weight excluding hydrogens is 340 g/mol. The summed E-state index contributed by atoms with van der Waals surface area (Å²) in [6.45, 7) is 3.39. The number of nitrogens with zero attached hydrogens (tertiary/aromatic N) is 4. The minimum atomic E-state index is 0.0376. The van der Waals surface area contributed by atoms with Crippen LogP contribution in [-0.4, -0.2) is 65.3 Å². The van der Waals surface area contributed by atoms with Crippen molar-refractivity contribution < 1.29 is 9.53 Å². The first-order chi connectivity index (χ1) is 13.1. The van der Waals surface area contributed by atoms with Crippen molar-refractivity contribution in [1.82, 2.24) is 19.6 Å². The zero-order valence-corrected chi connectivity index (χ0v) is 15.8. The van der Waals surface area contributed by atoms with Crippen LogP contribution in [0, 0.1) is 0 Å². The lowest BCUT2D eigenvalue weighted by atomic mass is 10.0. The van der Waals surface area contributed by atoms with Gasteiger partial charge in [0, 0.05) is 45.0 Å². The summed E-state index contributed by atoms with van der Waals surface area (Å²) in [4.78, 5) is 16.6. The SMILES string of the molecule is CN1CCN(C(=O)COc2cc(-c3ccn(C)n3)c3ccccc3c2)CC1. The molecule has 6 heteroatoms. The predicted molar refractivity (Wildman–Crippen MR) is 106 cm³/mol. The smallest absolute Gasteiger partial charge is 0.260 e. The van der Waals surface area contributed by atoms with Crippen molar-refractivity contribution >= 4 is 16.7 Å². The van der Waals surface area contributed by atoms with Crippen molar-refractivity contribution in [3.05, 3.63) is 48.7 Å². The van der Waals surface area contributed by atoms with E-state index in [2.05, 4.69) is 29.2 Å². The number of benzene rings is 2. The lowest BCUT2D eigenvalue weighted by Crippen LogP contribution is -2.48. The average molecular weight is 364 g/mol. The second-order valence-electron chi connectivity index (χ2n) is 7.04. The second kappa shape index (κ2) is 7.40. The van der Waals surface area contributed by atoms with Gasteiger partial charge in [0.1, 0.15) is 5.75 Å². The number of hydrogen-bond acceptors (Lipinski definition) is 4. The van der Waals surface area contributed by atoms with Crippen LogP contribution in [0.4, 0.5) is 0 Å². The van der Waals surface area contributed by atoms with Crippen molar-refractivity contribution in [2.75, 3.05) is 39.8 Å². The van der Waals surface area contributed by atoms with Crippen LogP contribution in [-0.2, 0) is 11.8 Å². The van der Waals surface area contributed by atoms with Crippen LogP contribution in [0.2, 0.25) is 0 Å². The summed E-state index contributed by atoms with van der Waals surface area (Å²) in [7, 11) is 3.98. The van der Waals surface area contributed by atoms with E-state index in [-0.39, 0.29) is 12.5 Å². The topological polar surface area (TPSA) is 50.6 Å². The average Bonchev–Trinajstić information content (AvgIpc) is 3.12. The van der Waals surface area contributed by atoms with Crippen molar-refractivity contribution in [3.8, 4) is 17.0 Å². The van der Waals surface area contributed by atoms with E-state index >= 15 is 0 Å². The van der Waals surface area contributed by atoms with E-state index in [0.717, 1.165) is 48.2 Å². The number of likely N-dealkylation sites (N-methyl/N-ethyl adjacent to an activating group) is 1. The number of hydrogen-bond donors (Lipinski definition) is 0. The molecule has 1 amide bonds. The van der Waals surface area contributed by atoms with Gasteiger partial charge in [-0.05, 0) is 36.0 Å². The Morgan fingerprint density at radius 1 is 1.07 bits per heavy atom. The second-order valence-corrected chi connectivity index (χ2v) is 7.04. The van der Waals surface area contributed by atoms with Gasteiger partial charge in [-0.15, -0.1) is 0 Å². The highest BCUT2D eigenvalue weighted by molar-refractivity contribution is 5.97. The Labute approximate surface area is 158 Å². The number of carbonyl (C=O) groups is 1. The van der Waals surface area contributed by atoms with Gasteiger partial charge < -0.3 is 14.5 Å². The van der Waals surface area contributed by atoms with E-state index in [0.29, 0.717) is 5.75 Å². The van der Waals surface area contributed by atoms with Crippen molar-refractivity contribution in [2.45, 2.75) is 0 Å². The Hall–Kier alpha value is -2.86. The molecule has 0 aliphatic carbocycles. The molecule has 0 radical (unpaired) electrons. The minimum absolute atomic E-state index is 0.0376. The standard InChI is InChI=1S/C21H24N4O2/c1-23-9-11-25(12-10-23)21(26)15-27-17-13-16-5-3-4-6-18(16)19(14-17)20-7-8-24(2)22-20/h3-8,13-14H,9-12,15H2,1-2H3. The normalized spacial score (nSPS) is 15.3. The van der Waals surface area contributed by atoms with Crippen LogP contribution in [0.1, 0.15) is 0 Å². The molecule has 0 spiro atoms. The van der Waals surface area contributed by atoms with Crippen LogP contribution in [0.3, 0.4) is 0 Å². The van der Waals surface area contributed by atoms with E-state index in [1.54, 1.807) is 4.68 Å². The molecule has 2 aromatic carbocycles. The summed E-state index contributed by atoms with van der Waals surface area (Å²) >= 11 is 0. The molecule has 27 heavy (non-hydrogen) atoms. The molecule has 0 saturated carbocycles. The summed E-state index contributed by atoms with van der Waals surface area (Å²) in [5.41, 5.74) is 1.90. The Kier molecular flexibility index (Phi) is 4.81. The van der Waals surface area contributed by atoms with Gasteiger partial charge in [-0.3, -0.25) is 9.48 Å². The van der Waals surface area contributed by atoms with Gasteiger partial charge in [0.05, 0.1) is 5.69 Å². The molecule has 2 heterocycles. The maximum atomic E-state index is 12.5. The summed E-state index contributed by atoms with van der Waals surface area (Å²) in [5.74, 6) is 0.729. The monoisotopic (exact) mass is 364 g/mol. The summed E-state index contributed by atoms with van der Waals surface area (Å²) in [6, 6.07) is 14.1. The zero-order chi connectivity index (χ0) is 18.8. The fraction of sp³-hybridized carbons (Fsp3) is 0.333. The maximum Gasteiger partial charge on any atom is 0.260 e. The van der Waals surface area contributed by atoms with Crippen molar-refractivity contribution in [3.63, 3.8) is 0 Å². The summed E-state index contributed by atoms with van der Waals surface area (Å²) < 4.78 is 7.67. The Bertz CT molecular complexity index is 958. The molecule has 0 N–H and O–H groups in total. The van der Waals surface area contributed by atoms with Crippen LogP contribution in [0.25, 0.3) is 22.0 Å². The first kappa shape index (κ1) is 17.5. The van der Waals surface area contributed by atoms with E-state index < -0.39 is 0 Å². The highest BCUT2D eigenvalue weighted by Gasteiger charge is 2.19. The number of amides is 1. The molecule has 0 atom stereocenters. The first-order valence-electron chi connectivity index (χ1n) is 9.22. The number of carbonyl (C=O) groups excluding carboxylic acids is 1. The van der Waals surface area contributed by atoms with Gasteiger partial charge in [-0.2, -0.15) is 5.10 Å². The van der Waals surface area contributed by atoms with Crippen LogP contribution in [0.15, 0.2) is 48.7 Å². The van der Waals surface area contributed by atoms with Gasteiger partial charge in [0.2, 0.25) is 0 Å². The molecule has 4 rings (SSSR count). The third kappa shape index (κ3) is 3.80. The molecule has 1 aliphatic rings. The highest BCUT2D eigenvalue weighted by Crippen LogP contribution is 2.32. The Balaban J connectivity index is 1.56. The number of piperazine rings is 1. The first-order valence-corrected chi connectivity index (χ1v) is 9.22. The van der Waals surface area contributed by atoms with E-state index in [9.17, 15) is 4.79 Å². The van der Waals surface area contributed by atoms with Crippen LogP contribution in [0.5, 0.6) is 5.75 Å². The number of rotatable bonds is 4. The number of ether oxygens (including phenoxy) is 1. The van der Waals surface area contributed by atoms with E-state index in [4.69, 9.17) is 4.74 Å². The highest BCUT2D eigenvalue weighted by atomic mass is 16.5. The molecule has 6 nitrogen and oxygen atoms in total. The predicted octanol–water partition coefficient (Wildman–Crippen LogP) is 2.39. The lowest BCUT2D eigenvalue weighted by molar-refractivity contribution is -0.134. The third-order valence-electron chi connectivity index (χ3n) is 5.04. The zero-order valence-electron chi connectivity index (χ0n) is 15.8. The van der Waals surface area contributed by atoms with Gasteiger partial charge in [0.15, 0.2) is 6.61 Å². The van der Waals surface area contributed by atoms with Crippen LogP contribution < -0.4 is 4.74 Å². The summed E-state index contributed by atoms with van der Waals surface area (Å²) in [5, 5.41) is 6.72. The van der Waals surface area contributed by atoms with Gasteiger partial charge in [0.25, 0.3) is 5.91 Å². The molecule has 140 valence electrons. The van der Waals surface area contributed by atoms with Crippen LogP contribution >= 0.6 is 0 Å². The Morgan fingerprint density at radius 2 is 1.85 bits per heavy atom. The molecule has 0 bridgehead atoms. The molecule has 1 aromatic heterocycles. The number of fused-ring (bicyclic) bond motifs is 1. The third-order valence-corrected chi connectivity index (χ3v) is 5.04. The quantitative estimate of drug-likeness (QED) is 0.713. The van der Waals surface area contributed by atoms with Crippen molar-refractivity contribution in [1.29, 1.82) is 0 Å². The van der Waals surface area contributed by atoms with Gasteiger partial charge in [-0.25, -0.2) is 0 Å². The fourth-order valence-electron chi connectivity index (χ4n) is 3.43. The minimum Gasteiger partial charge on any atom is -0.484 e. The summed E-state index contributed by atoms with van der Waals surface area (Å²) in [6.07, 6.45) is 1.93. The fourth-order valence-corrected chi connectivity index (χ4v) is 3.43. The largest absolute Gasteiger partial charge is 0.484 e. The molecular formula is C21H24N4O2. The van der Waals surface area contributed by atoms with Crippen molar-refractivity contribution in [2.24, 2.45) is 7.05 Å². The van der Waals surface area contributed by atoms with Gasteiger partial charge in [-0.1, -0.05) is 24.3 Å². The van der Waals surface area contributed by atoms with Gasteiger partial charge >= 0.3 is 0 Å². The Morgan fingerprint density at radius 3 is 2.59 bits per heavy atom. The lowest BCUT2D eigenvalue weighted by Gasteiger charge is -2.32. The number of aromatic nitrogens is 2. The van der Waals surface area contributed by atoms with E-state index in [1.165, 1.54) is 0 Å². The molecule has 0 unspecified atom stereocenters. The number of aryl methyl sites for hydroxylation is 1. The van der Waals surface area contributed by atoms with E-state index in [1.807, 2.05) is 48.5 Å². The molecule has 3 aromatic rings. The molecule has 1 saturated heterocycles.